The van der Waals surface area contributed by atoms with E-state index in [1.54, 1.807) is 36.5 Å². The molecular formula is C25H18F3N5O3. The molecule has 36 heavy (non-hydrogen) atoms. The molecule has 0 radical (unpaired) electrons. The number of benzene rings is 3. The highest BCUT2D eigenvalue weighted by molar-refractivity contribution is 5.88. The number of alkyl halides is 3. The first-order valence-electron chi connectivity index (χ1n) is 10.7. The number of hydrogen-bond acceptors (Lipinski definition) is 4. The number of halogens is 3. The van der Waals surface area contributed by atoms with E-state index < -0.39 is 17.7 Å². The van der Waals surface area contributed by atoms with Crippen LogP contribution in [0.5, 0.6) is 0 Å². The maximum Gasteiger partial charge on any atom is 0.416 e. The average Bonchev–Trinajstić information content (AvgIpc) is 3.44. The number of carbonyl (C=O) groups is 1. The second-order valence-corrected chi connectivity index (χ2v) is 8.07. The number of anilines is 1. The lowest BCUT2D eigenvalue weighted by Gasteiger charge is -2.07. The van der Waals surface area contributed by atoms with Crippen molar-refractivity contribution >= 4 is 22.7 Å². The van der Waals surface area contributed by atoms with Gasteiger partial charge in [0.1, 0.15) is 0 Å². The van der Waals surface area contributed by atoms with Crippen molar-refractivity contribution in [1.82, 2.24) is 19.7 Å². The average molecular weight is 493 g/mol. The van der Waals surface area contributed by atoms with E-state index in [2.05, 4.69) is 20.4 Å². The summed E-state index contributed by atoms with van der Waals surface area (Å²) in [5, 5.41) is 17.0. The monoisotopic (exact) mass is 493 g/mol. The highest BCUT2D eigenvalue weighted by atomic mass is 19.4. The number of imidazole rings is 1. The van der Waals surface area contributed by atoms with Gasteiger partial charge in [0.25, 0.3) is 0 Å². The summed E-state index contributed by atoms with van der Waals surface area (Å²) in [7, 11) is 0. The Morgan fingerprint density at radius 2 is 1.67 bits per heavy atom. The van der Waals surface area contributed by atoms with Gasteiger partial charge < -0.3 is 20.4 Å². The Labute approximate surface area is 201 Å². The van der Waals surface area contributed by atoms with E-state index >= 15 is 0 Å². The Kier molecular flexibility index (Phi) is 5.59. The minimum atomic E-state index is -4.44. The lowest BCUT2D eigenvalue weighted by Crippen LogP contribution is -2.05. The van der Waals surface area contributed by atoms with Crippen LogP contribution in [0.4, 0.5) is 18.9 Å². The zero-order valence-electron chi connectivity index (χ0n) is 18.4. The standard InChI is InChI=1S/C25H18F3N5O3/c26-25(27,28)17-5-8-19(9-6-17)33-13-16(22(32-33)14-1-3-15(4-2-14)23(34)35)12-29-18-7-10-20-21(11-18)31-24(36)30-20/h1-11,13,29H,12H2,(H,34,35)(H2,30,31,36). The first-order valence-corrected chi connectivity index (χ1v) is 10.7. The van der Waals surface area contributed by atoms with E-state index in [0.717, 1.165) is 23.4 Å². The van der Waals surface area contributed by atoms with Gasteiger partial charge in [-0.05, 0) is 54.6 Å². The van der Waals surface area contributed by atoms with Crippen molar-refractivity contribution in [2.45, 2.75) is 12.7 Å². The molecule has 0 atom stereocenters. The molecule has 0 aliphatic carbocycles. The Morgan fingerprint density at radius 3 is 2.33 bits per heavy atom. The summed E-state index contributed by atoms with van der Waals surface area (Å²) in [6.45, 7) is 0.302. The van der Waals surface area contributed by atoms with Crippen molar-refractivity contribution in [3.05, 3.63) is 100 Å². The summed E-state index contributed by atoms with van der Waals surface area (Å²) in [5.41, 5.74) is 3.42. The van der Waals surface area contributed by atoms with Crippen molar-refractivity contribution in [3.8, 4) is 16.9 Å². The molecule has 0 unspecified atom stereocenters. The van der Waals surface area contributed by atoms with Gasteiger partial charge in [-0.3, -0.25) is 0 Å². The second-order valence-electron chi connectivity index (χ2n) is 8.07. The molecule has 8 nitrogen and oxygen atoms in total. The van der Waals surface area contributed by atoms with Crippen LogP contribution in [0.3, 0.4) is 0 Å². The molecule has 0 aliphatic heterocycles. The second kappa shape index (κ2) is 8.77. The molecule has 5 rings (SSSR count). The number of fused-ring (bicyclic) bond motifs is 1. The van der Waals surface area contributed by atoms with Crippen molar-refractivity contribution in [1.29, 1.82) is 0 Å². The van der Waals surface area contributed by atoms with E-state index in [0.29, 0.717) is 34.5 Å². The lowest BCUT2D eigenvalue weighted by molar-refractivity contribution is -0.137. The smallest absolute Gasteiger partial charge is 0.416 e. The zero-order valence-corrected chi connectivity index (χ0v) is 18.4. The quantitative estimate of drug-likeness (QED) is 0.265. The molecule has 0 aliphatic rings. The minimum absolute atomic E-state index is 0.120. The summed E-state index contributed by atoms with van der Waals surface area (Å²) in [6, 6.07) is 16.2. The maximum absolute atomic E-state index is 13.0. The van der Waals surface area contributed by atoms with Crippen LogP contribution >= 0.6 is 0 Å². The molecule has 4 N–H and O–H groups in total. The van der Waals surface area contributed by atoms with Crippen molar-refractivity contribution < 1.29 is 23.1 Å². The predicted molar refractivity (Wildman–Crippen MR) is 127 cm³/mol. The van der Waals surface area contributed by atoms with E-state index in [1.165, 1.54) is 28.9 Å². The van der Waals surface area contributed by atoms with Gasteiger partial charge in [-0.25, -0.2) is 14.3 Å². The molecule has 0 amide bonds. The molecular weight excluding hydrogens is 475 g/mol. The molecule has 3 aromatic carbocycles. The van der Waals surface area contributed by atoms with E-state index in [9.17, 15) is 27.9 Å². The highest BCUT2D eigenvalue weighted by Gasteiger charge is 2.30. The Morgan fingerprint density at radius 1 is 0.972 bits per heavy atom. The Balaban J connectivity index is 1.49. The number of carboxylic acid groups (broad SMARTS) is 1. The van der Waals surface area contributed by atoms with E-state index in [1.807, 2.05) is 0 Å². The van der Waals surface area contributed by atoms with Crippen LogP contribution in [0.25, 0.3) is 28.0 Å². The fourth-order valence-electron chi connectivity index (χ4n) is 3.83. The van der Waals surface area contributed by atoms with Crippen LogP contribution in [0.2, 0.25) is 0 Å². The largest absolute Gasteiger partial charge is 0.478 e. The van der Waals surface area contributed by atoms with Gasteiger partial charge in [0.2, 0.25) is 0 Å². The summed E-state index contributed by atoms with van der Waals surface area (Å²) in [5.74, 6) is -1.06. The van der Waals surface area contributed by atoms with Gasteiger partial charge in [-0.15, -0.1) is 0 Å². The molecule has 0 saturated carbocycles. The van der Waals surface area contributed by atoms with Gasteiger partial charge in [-0.1, -0.05) is 12.1 Å². The Bertz CT molecular complexity index is 1610. The van der Waals surface area contributed by atoms with Crippen molar-refractivity contribution in [2.75, 3.05) is 5.32 Å². The third kappa shape index (κ3) is 4.58. The number of carboxylic acids is 1. The predicted octanol–water partition coefficient (Wildman–Crippen LogP) is 5.04. The number of rotatable bonds is 6. The van der Waals surface area contributed by atoms with E-state index in [4.69, 9.17) is 0 Å². The van der Waals surface area contributed by atoms with Crippen molar-refractivity contribution in [2.24, 2.45) is 0 Å². The highest BCUT2D eigenvalue weighted by Crippen LogP contribution is 2.30. The molecule has 0 saturated heterocycles. The van der Waals surface area contributed by atoms with Crippen LogP contribution in [0, 0.1) is 0 Å². The first-order chi connectivity index (χ1) is 17.2. The van der Waals surface area contributed by atoms with Crippen LogP contribution < -0.4 is 11.0 Å². The van der Waals surface area contributed by atoms with Crippen LogP contribution in [-0.4, -0.2) is 30.8 Å². The SMILES string of the molecule is O=C(O)c1ccc(-c2nn(-c3ccc(C(F)(F)F)cc3)cc2CNc2ccc3[nH]c(=O)[nH]c3c2)cc1. The molecule has 2 heterocycles. The number of hydrogen-bond donors (Lipinski definition) is 4. The van der Waals surface area contributed by atoms with Crippen molar-refractivity contribution in [3.63, 3.8) is 0 Å². The summed E-state index contributed by atoms with van der Waals surface area (Å²) in [6.07, 6.45) is -2.74. The topological polar surface area (TPSA) is 116 Å². The molecule has 0 fully saturated rings. The molecule has 0 spiro atoms. The van der Waals surface area contributed by atoms with E-state index in [-0.39, 0.29) is 11.3 Å². The van der Waals surface area contributed by atoms with Gasteiger partial charge in [0, 0.05) is 29.6 Å². The fourth-order valence-corrected chi connectivity index (χ4v) is 3.83. The molecule has 11 heteroatoms. The minimum Gasteiger partial charge on any atom is -0.478 e. The first kappa shape index (κ1) is 23.0. The number of aromatic nitrogens is 4. The number of aromatic carboxylic acids is 1. The molecule has 2 aromatic heterocycles. The number of H-pyrrole nitrogens is 2. The normalized spacial score (nSPS) is 11.6. The van der Waals surface area contributed by atoms with Gasteiger partial charge in [0.05, 0.1) is 33.5 Å². The van der Waals surface area contributed by atoms with Gasteiger partial charge in [-0.2, -0.15) is 18.3 Å². The van der Waals surface area contributed by atoms with Gasteiger partial charge in [0.15, 0.2) is 0 Å². The van der Waals surface area contributed by atoms with Crippen LogP contribution in [0.15, 0.2) is 77.7 Å². The summed E-state index contributed by atoms with van der Waals surface area (Å²) >= 11 is 0. The third-order valence-electron chi connectivity index (χ3n) is 5.65. The number of aromatic amines is 2. The zero-order chi connectivity index (χ0) is 25.4. The number of nitrogens with zero attached hydrogens (tertiary/aromatic N) is 2. The van der Waals surface area contributed by atoms with Gasteiger partial charge >= 0.3 is 17.8 Å². The third-order valence-corrected chi connectivity index (χ3v) is 5.65. The lowest BCUT2D eigenvalue weighted by atomic mass is 10.1. The molecule has 182 valence electrons. The summed E-state index contributed by atoms with van der Waals surface area (Å²) in [4.78, 5) is 28.1. The molecule has 5 aromatic rings. The Hall–Kier alpha value is -4.80. The van der Waals surface area contributed by atoms with Crippen LogP contribution in [0.1, 0.15) is 21.5 Å². The maximum atomic E-state index is 13.0. The number of nitrogens with one attached hydrogen (secondary N) is 3. The summed E-state index contributed by atoms with van der Waals surface area (Å²) < 4.78 is 40.4. The molecule has 0 bridgehead atoms. The van der Waals surface area contributed by atoms with Crippen LogP contribution in [-0.2, 0) is 12.7 Å². The fraction of sp³-hybridized carbons (Fsp3) is 0.0800.